The third kappa shape index (κ3) is 4.60. The molecule has 0 radical (unpaired) electrons. The van der Waals surface area contributed by atoms with Gasteiger partial charge in [0.1, 0.15) is 0 Å². The monoisotopic (exact) mass is 350 g/mol. The fourth-order valence-electron chi connectivity index (χ4n) is 2.87. The maximum absolute atomic E-state index is 12.8. The van der Waals surface area contributed by atoms with Crippen molar-refractivity contribution in [2.24, 2.45) is 0 Å². The van der Waals surface area contributed by atoms with Gasteiger partial charge in [-0.1, -0.05) is 36.1 Å². The van der Waals surface area contributed by atoms with Crippen LogP contribution in [0.3, 0.4) is 0 Å². The van der Waals surface area contributed by atoms with E-state index in [0.717, 1.165) is 23.4 Å². The largest absolute Gasteiger partial charge is 0.323 e. The molecule has 1 fully saturated rings. The summed E-state index contributed by atoms with van der Waals surface area (Å²) in [5.74, 6) is 6.23. The zero-order valence-electron chi connectivity index (χ0n) is 14.2. The molecule has 4 heteroatoms. The molecule has 2 heterocycles. The normalized spacial score (nSPS) is 16.1. The molecule has 0 aliphatic carbocycles. The van der Waals surface area contributed by atoms with E-state index < -0.39 is 0 Å². The third-order valence-electron chi connectivity index (χ3n) is 4.15. The van der Waals surface area contributed by atoms with Crippen LogP contribution in [0.2, 0.25) is 0 Å². The number of carbonyl (C=O) groups excluding carboxylic acids is 1. The van der Waals surface area contributed by atoms with Gasteiger partial charge < -0.3 is 10.2 Å². The van der Waals surface area contributed by atoms with E-state index in [-0.39, 0.29) is 5.91 Å². The van der Waals surface area contributed by atoms with Crippen molar-refractivity contribution < 1.29 is 4.79 Å². The molecule has 3 rings (SSSR count). The molecule has 1 N–H and O–H groups in total. The van der Waals surface area contributed by atoms with Gasteiger partial charge in [-0.2, -0.15) is 0 Å². The zero-order valence-corrected chi connectivity index (χ0v) is 15.0. The summed E-state index contributed by atoms with van der Waals surface area (Å²) in [7, 11) is 0. The smallest absolute Gasteiger partial charge is 0.264 e. The molecule has 1 aliphatic heterocycles. The van der Waals surface area contributed by atoms with Gasteiger partial charge in [0, 0.05) is 23.0 Å². The lowest BCUT2D eigenvalue weighted by Gasteiger charge is -2.17. The molecule has 1 aromatic heterocycles. The lowest BCUT2D eigenvalue weighted by atomic mass is 10.2. The van der Waals surface area contributed by atoms with E-state index in [4.69, 9.17) is 0 Å². The molecule has 0 spiro atoms. The molecule has 0 bridgehead atoms. The Kier molecular flexibility index (Phi) is 6.05. The Morgan fingerprint density at radius 1 is 1.32 bits per heavy atom. The van der Waals surface area contributed by atoms with E-state index in [9.17, 15) is 4.79 Å². The van der Waals surface area contributed by atoms with Crippen molar-refractivity contribution in [3.05, 3.63) is 70.4 Å². The quantitative estimate of drug-likeness (QED) is 0.656. The van der Waals surface area contributed by atoms with Crippen LogP contribution in [-0.4, -0.2) is 30.4 Å². The summed E-state index contributed by atoms with van der Waals surface area (Å²) in [6.07, 6.45) is 4.09. The number of hydrogen-bond donors (Lipinski definition) is 1. The first kappa shape index (κ1) is 17.5. The van der Waals surface area contributed by atoms with E-state index in [1.54, 1.807) is 22.3 Å². The summed E-state index contributed by atoms with van der Waals surface area (Å²) in [6, 6.07) is 14.2. The minimum Gasteiger partial charge on any atom is -0.323 e. The number of amides is 1. The Morgan fingerprint density at radius 2 is 2.16 bits per heavy atom. The number of hydrogen-bond acceptors (Lipinski definition) is 3. The van der Waals surface area contributed by atoms with Crippen LogP contribution in [0.4, 0.5) is 0 Å². The van der Waals surface area contributed by atoms with Crippen molar-refractivity contribution in [3.63, 3.8) is 0 Å². The molecule has 1 aromatic carbocycles. The van der Waals surface area contributed by atoms with Crippen LogP contribution >= 0.6 is 11.3 Å². The first-order valence-electron chi connectivity index (χ1n) is 8.55. The third-order valence-corrected chi connectivity index (χ3v) is 5.34. The van der Waals surface area contributed by atoms with Crippen molar-refractivity contribution in [2.75, 3.05) is 19.6 Å². The first-order valence-corrected chi connectivity index (χ1v) is 9.37. The number of nitrogens with one attached hydrogen (secondary N) is 1. The Balaban J connectivity index is 1.68. The van der Waals surface area contributed by atoms with Gasteiger partial charge in [0.25, 0.3) is 5.91 Å². The standard InChI is InChI=1S/C21H22N2OS/c1-2-15-23(16-7-10-17-8-4-3-5-9-17)21(24)20-13-12-19(25-20)18-11-6-14-22-18/h2-5,8-9,12-13,18,22H,1,6,11,14-16H2/t18-/m1/s1. The molecule has 0 saturated carbocycles. The van der Waals surface area contributed by atoms with Gasteiger partial charge in [0.2, 0.25) is 0 Å². The molecule has 3 nitrogen and oxygen atoms in total. The van der Waals surface area contributed by atoms with Crippen LogP contribution in [0.15, 0.2) is 55.1 Å². The van der Waals surface area contributed by atoms with Gasteiger partial charge in [0.15, 0.2) is 0 Å². The van der Waals surface area contributed by atoms with Crippen molar-refractivity contribution in [2.45, 2.75) is 18.9 Å². The molecule has 1 saturated heterocycles. The number of nitrogens with zero attached hydrogens (tertiary/aromatic N) is 1. The van der Waals surface area contributed by atoms with Crippen LogP contribution in [0.25, 0.3) is 0 Å². The summed E-state index contributed by atoms with van der Waals surface area (Å²) in [5, 5.41) is 3.48. The fourth-order valence-corrected chi connectivity index (χ4v) is 3.96. The Bertz CT molecular complexity index is 779. The van der Waals surface area contributed by atoms with Crippen molar-refractivity contribution in [3.8, 4) is 11.8 Å². The summed E-state index contributed by atoms with van der Waals surface area (Å²) in [4.78, 5) is 16.6. The van der Waals surface area contributed by atoms with Gasteiger partial charge in [-0.05, 0) is 43.7 Å². The molecular formula is C21H22N2OS. The van der Waals surface area contributed by atoms with Gasteiger partial charge in [-0.3, -0.25) is 4.79 Å². The number of rotatable bonds is 5. The average Bonchev–Trinajstić information content (AvgIpc) is 3.32. The topological polar surface area (TPSA) is 32.3 Å². The number of thiophene rings is 1. The van der Waals surface area contributed by atoms with E-state index in [1.807, 2.05) is 36.4 Å². The van der Waals surface area contributed by atoms with E-state index in [0.29, 0.717) is 19.1 Å². The van der Waals surface area contributed by atoms with Crippen molar-refractivity contribution >= 4 is 17.2 Å². The summed E-state index contributed by atoms with van der Waals surface area (Å²) < 4.78 is 0. The van der Waals surface area contributed by atoms with Gasteiger partial charge in [-0.25, -0.2) is 0 Å². The SMILES string of the molecule is C=CCN(CC#Cc1ccccc1)C(=O)c1ccc([C@H]2CCCN2)s1. The highest BCUT2D eigenvalue weighted by Crippen LogP contribution is 2.29. The van der Waals surface area contributed by atoms with Gasteiger partial charge >= 0.3 is 0 Å². The van der Waals surface area contributed by atoms with Gasteiger partial charge in [-0.15, -0.1) is 17.9 Å². The predicted octanol–water partition coefficient (Wildman–Crippen LogP) is 3.85. The molecule has 1 amide bonds. The summed E-state index contributed by atoms with van der Waals surface area (Å²) in [6.45, 7) is 5.72. The number of benzene rings is 1. The molecule has 128 valence electrons. The lowest BCUT2D eigenvalue weighted by molar-refractivity contribution is 0.0798. The minimum atomic E-state index is 0.0245. The van der Waals surface area contributed by atoms with E-state index in [2.05, 4.69) is 29.8 Å². The second-order valence-electron chi connectivity index (χ2n) is 5.99. The molecule has 1 aliphatic rings. The lowest BCUT2D eigenvalue weighted by Crippen LogP contribution is -2.31. The highest BCUT2D eigenvalue weighted by atomic mass is 32.1. The van der Waals surface area contributed by atoms with Crippen LogP contribution in [0.1, 0.15) is 39.0 Å². The molecule has 0 unspecified atom stereocenters. The van der Waals surface area contributed by atoms with Crippen molar-refractivity contribution in [1.29, 1.82) is 0 Å². The molecule has 25 heavy (non-hydrogen) atoms. The summed E-state index contributed by atoms with van der Waals surface area (Å²) in [5.41, 5.74) is 0.958. The Hall–Kier alpha value is -2.35. The van der Waals surface area contributed by atoms with E-state index in [1.165, 1.54) is 11.3 Å². The van der Waals surface area contributed by atoms with Crippen molar-refractivity contribution in [1.82, 2.24) is 10.2 Å². The molecule has 2 aromatic rings. The molecule has 1 atom stereocenters. The van der Waals surface area contributed by atoms with Crippen LogP contribution in [0, 0.1) is 11.8 Å². The maximum Gasteiger partial charge on any atom is 0.264 e. The second kappa shape index (κ2) is 8.66. The van der Waals surface area contributed by atoms with E-state index >= 15 is 0 Å². The highest BCUT2D eigenvalue weighted by Gasteiger charge is 2.21. The minimum absolute atomic E-state index is 0.0245. The fraction of sp³-hybridized carbons (Fsp3) is 0.286. The maximum atomic E-state index is 12.8. The Labute approximate surface area is 153 Å². The predicted molar refractivity (Wildman–Crippen MR) is 104 cm³/mol. The van der Waals surface area contributed by atoms with Crippen LogP contribution < -0.4 is 5.32 Å². The number of carbonyl (C=O) groups is 1. The second-order valence-corrected chi connectivity index (χ2v) is 7.11. The Morgan fingerprint density at radius 3 is 2.88 bits per heavy atom. The average molecular weight is 350 g/mol. The highest BCUT2D eigenvalue weighted by molar-refractivity contribution is 7.14. The van der Waals surface area contributed by atoms with Crippen LogP contribution in [-0.2, 0) is 0 Å². The first-order chi connectivity index (χ1) is 12.3. The van der Waals surface area contributed by atoms with Gasteiger partial charge in [0.05, 0.1) is 11.4 Å². The molecular weight excluding hydrogens is 328 g/mol. The summed E-state index contributed by atoms with van der Waals surface area (Å²) >= 11 is 1.59. The van der Waals surface area contributed by atoms with Crippen LogP contribution in [0.5, 0.6) is 0 Å². The zero-order chi connectivity index (χ0) is 17.5.